The fourth-order valence-electron chi connectivity index (χ4n) is 1.91. The summed E-state index contributed by atoms with van der Waals surface area (Å²) in [7, 11) is 0. The molecular weight excluding hydrogens is 266 g/mol. The number of hydrogen-bond donors (Lipinski definition) is 1. The van der Waals surface area contributed by atoms with E-state index in [0.29, 0.717) is 17.3 Å². The van der Waals surface area contributed by atoms with E-state index in [1.165, 1.54) is 0 Å². The number of nitrogens with zero attached hydrogens (tertiary/aromatic N) is 2. The summed E-state index contributed by atoms with van der Waals surface area (Å²) < 4.78 is 4.94. The molecule has 3 rings (SSSR count). The van der Waals surface area contributed by atoms with Crippen molar-refractivity contribution in [3.8, 4) is 11.4 Å². The first kappa shape index (κ1) is 13.1. The van der Waals surface area contributed by atoms with Crippen LogP contribution in [0.3, 0.4) is 0 Å². The topological polar surface area (TPSA) is 68.0 Å². The number of aryl methyl sites for hydroxylation is 1. The van der Waals surface area contributed by atoms with Crippen molar-refractivity contribution in [2.45, 2.75) is 6.92 Å². The third-order valence-corrected chi connectivity index (χ3v) is 2.96. The van der Waals surface area contributed by atoms with Crippen LogP contribution in [0.15, 0.2) is 59.1 Å². The van der Waals surface area contributed by atoms with Gasteiger partial charge in [-0.1, -0.05) is 35.5 Å². The van der Waals surface area contributed by atoms with Gasteiger partial charge >= 0.3 is 0 Å². The number of rotatable bonds is 3. The molecule has 104 valence electrons. The van der Waals surface area contributed by atoms with Crippen LogP contribution in [0.1, 0.15) is 16.2 Å². The van der Waals surface area contributed by atoms with Crippen molar-refractivity contribution in [3.63, 3.8) is 0 Å². The van der Waals surface area contributed by atoms with Crippen LogP contribution < -0.4 is 5.32 Å². The third kappa shape index (κ3) is 2.97. The highest BCUT2D eigenvalue weighted by Gasteiger charge is 2.09. The van der Waals surface area contributed by atoms with Crippen LogP contribution in [-0.4, -0.2) is 16.0 Å². The lowest BCUT2D eigenvalue weighted by atomic mass is 10.1. The van der Waals surface area contributed by atoms with Crippen LogP contribution >= 0.6 is 0 Å². The van der Waals surface area contributed by atoms with E-state index in [0.717, 1.165) is 11.3 Å². The van der Waals surface area contributed by atoms with Gasteiger partial charge in [-0.2, -0.15) is 4.98 Å². The van der Waals surface area contributed by atoms with E-state index in [2.05, 4.69) is 15.5 Å². The summed E-state index contributed by atoms with van der Waals surface area (Å²) in [5.41, 5.74) is 2.14. The highest BCUT2D eigenvalue weighted by atomic mass is 16.5. The molecule has 0 radical (unpaired) electrons. The van der Waals surface area contributed by atoms with Gasteiger partial charge < -0.3 is 9.84 Å². The summed E-state index contributed by atoms with van der Waals surface area (Å²) in [6.45, 7) is 1.73. The van der Waals surface area contributed by atoms with Crippen LogP contribution in [0.5, 0.6) is 0 Å². The summed E-state index contributed by atoms with van der Waals surface area (Å²) in [5.74, 6) is 0.871. The minimum absolute atomic E-state index is 0.156. The number of para-hydroxylation sites is 1. The normalized spacial score (nSPS) is 10.3. The van der Waals surface area contributed by atoms with Gasteiger partial charge in [0.1, 0.15) is 0 Å². The maximum absolute atomic E-state index is 12.1. The van der Waals surface area contributed by atoms with Gasteiger partial charge in [0.15, 0.2) is 0 Å². The highest BCUT2D eigenvalue weighted by Crippen LogP contribution is 2.17. The van der Waals surface area contributed by atoms with E-state index < -0.39 is 0 Å². The Balaban J connectivity index is 1.76. The third-order valence-electron chi connectivity index (χ3n) is 2.96. The van der Waals surface area contributed by atoms with Gasteiger partial charge in [-0.3, -0.25) is 4.79 Å². The second-order valence-electron chi connectivity index (χ2n) is 4.53. The van der Waals surface area contributed by atoms with Gasteiger partial charge in [0.25, 0.3) is 5.91 Å². The zero-order chi connectivity index (χ0) is 14.7. The molecule has 3 aromatic rings. The molecule has 0 spiro atoms. The lowest BCUT2D eigenvalue weighted by molar-refractivity contribution is 0.102. The standard InChI is InChI=1S/C16H13N3O2/c1-11-17-15(19-21-11)12-7-9-13(10-8-12)16(20)18-14-5-3-2-4-6-14/h2-10H,1H3,(H,18,20). The number of anilines is 1. The Morgan fingerprint density at radius 1 is 1.05 bits per heavy atom. The molecule has 0 saturated carbocycles. The fourth-order valence-corrected chi connectivity index (χ4v) is 1.91. The summed E-state index contributed by atoms with van der Waals surface area (Å²) in [4.78, 5) is 16.2. The zero-order valence-electron chi connectivity index (χ0n) is 11.4. The van der Waals surface area contributed by atoms with Crippen molar-refractivity contribution in [2.75, 3.05) is 5.32 Å². The summed E-state index contributed by atoms with van der Waals surface area (Å²) in [6, 6.07) is 16.4. The first-order chi connectivity index (χ1) is 10.2. The Kier molecular flexibility index (Phi) is 3.47. The summed E-state index contributed by atoms with van der Waals surface area (Å²) in [5, 5.41) is 6.67. The first-order valence-corrected chi connectivity index (χ1v) is 6.49. The van der Waals surface area contributed by atoms with Gasteiger partial charge in [0, 0.05) is 23.7 Å². The predicted molar refractivity (Wildman–Crippen MR) is 78.9 cm³/mol. The molecule has 21 heavy (non-hydrogen) atoms. The Bertz CT molecular complexity index is 749. The van der Waals surface area contributed by atoms with Gasteiger partial charge in [-0.15, -0.1) is 0 Å². The van der Waals surface area contributed by atoms with Crippen LogP contribution in [0, 0.1) is 6.92 Å². The largest absolute Gasteiger partial charge is 0.339 e. The average Bonchev–Trinajstić information content (AvgIpc) is 2.95. The molecule has 1 N–H and O–H groups in total. The molecule has 2 aromatic carbocycles. The molecular formula is C16H13N3O2. The second-order valence-corrected chi connectivity index (χ2v) is 4.53. The first-order valence-electron chi connectivity index (χ1n) is 6.49. The molecule has 5 nitrogen and oxygen atoms in total. The molecule has 0 aliphatic rings. The van der Waals surface area contributed by atoms with E-state index in [1.807, 2.05) is 30.3 Å². The molecule has 1 amide bonds. The molecule has 0 aliphatic carbocycles. The molecule has 0 saturated heterocycles. The quantitative estimate of drug-likeness (QED) is 0.798. The van der Waals surface area contributed by atoms with E-state index in [1.54, 1.807) is 31.2 Å². The number of nitrogens with one attached hydrogen (secondary N) is 1. The lowest BCUT2D eigenvalue weighted by Gasteiger charge is -2.05. The summed E-state index contributed by atoms with van der Waals surface area (Å²) in [6.07, 6.45) is 0. The minimum Gasteiger partial charge on any atom is -0.339 e. The Hall–Kier alpha value is -2.95. The van der Waals surface area contributed by atoms with E-state index >= 15 is 0 Å². The number of benzene rings is 2. The molecule has 0 atom stereocenters. The van der Waals surface area contributed by atoms with E-state index in [4.69, 9.17) is 4.52 Å². The van der Waals surface area contributed by atoms with E-state index in [9.17, 15) is 4.79 Å². The number of carbonyl (C=O) groups excluding carboxylic acids is 1. The van der Waals surface area contributed by atoms with Crippen molar-refractivity contribution in [1.29, 1.82) is 0 Å². The van der Waals surface area contributed by atoms with Crippen molar-refractivity contribution < 1.29 is 9.32 Å². The lowest BCUT2D eigenvalue weighted by Crippen LogP contribution is -2.11. The summed E-state index contributed by atoms with van der Waals surface area (Å²) >= 11 is 0. The second kappa shape index (κ2) is 5.58. The smallest absolute Gasteiger partial charge is 0.255 e. The zero-order valence-corrected chi connectivity index (χ0v) is 11.4. The molecule has 0 fully saturated rings. The van der Waals surface area contributed by atoms with Gasteiger partial charge in [0.2, 0.25) is 11.7 Å². The highest BCUT2D eigenvalue weighted by molar-refractivity contribution is 6.04. The Labute approximate surface area is 121 Å². The number of amides is 1. The number of carbonyl (C=O) groups is 1. The van der Waals surface area contributed by atoms with Gasteiger partial charge in [0.05, 0.1) is 0 Å². The van der Waals surface area contributed by atoms with Crippen molar-refractivity contribution in [2.24, 2.45) is 0 Å². The van der Waals surface area contributed by atoms with Crippen molar-refractivity contribution in [3.05, 3.63) is 66.1 Å². The molecule has 1 aromatic heterocycles. The maximum Gasteiger partial charge on any atom is 0.255 e. The Morgan fingerprint density at radius 3 is 2.38 bits per heavy atom. The average molecular weight is 279 g/mol. The van der Waals surface area contributed by atoms with Crippen LogP contribution in [0.25, 0.3) is 11.4 Å². The maximum atomic E-state index is 12.1. The number of aromatic nitrogens is 2. The van der Waals surface area contributed by atoms with Gasteiger partial charge in [-0.05, 0) is 24.3 Å². The van der Waals surface area contributed by atoms with Crippen LogP contribution in [0.4, 0.5) is 5.69 Å². The van der Waals surface area contributed by atoms with E-state index in [-0.39, 0.29) is 5.91 Å². The predicted octanol–water partition coefficient (Wildman–Crippen LogP) is 3.30. The van der Waals surface area contributed by atoms with Crippen molar-refractivity contribution >= 4 is 11.6 Å². The molecule has 5 heteroatoms. The monoisotopic (exact) mass is 279 g/mol. The van der Waals surface area contributed by atoms with Crippen LogP contribution in [0.2, 0.25) is 0 Å². The number of hydrogen-bond acceptors (Lipinski definition) is 4. The fraction of sp³-hybridized carbons (Fsp3) is 0.0625. The Morgan fingerprint density at radius 2 is 1.76 bits per heavy atom. The van der Waals surface area contributed by atoms with Gasteiger partial charge in [-0.25, -0.2) is 0 Å². The van der Waals surface area contributed by atoms with Crippen molar-refractivity contribution in [1.82, 2.24) is 10.1 Å². The van der Waals surface area contributed by atoms with Crippen LogP contribution in [-0.2, 0) is 0 Å². The molecule has 0 aliphatic heterocycles. The molecule has 0 bridgehead atoms. The minimum atomic E-state index is -0.156. The molecule has 0 unspecified atom stereocenters. The SMILES string of the molecule is Cc1nc(-c2ccc(C(=O)Nc3ccccc3)cc2)no1. The molecule has 1 heterocycles.